The zero-order valence-corrected chi connectivity index (χ0v) is 18.6. The van der Waals surface area contributed by atoms with Crippen LogP contribution in [-0.4, -0.2) is 44.8 Å². The molecule has 8 heteroatoms. The topological polar surface area (TPSA) is 84.7 Å². The second-order valence-corrected chi connectivity index (χ2v) is 9.54. The van der Waals surface area contributed by atoms with E-state index in [4.69, 9.17) is 9.26 Å². The summed E-state index contributed by atoms with van der Waals surface area (Å²) in [7, 11) is -3.74. The summed E-state index contributed by atoms with van der Waals surface area (Å²) in [6.07, 6.45) is 0. The van der Waals surface area contributed by atoms with E-state index < -0.39 is 10.0 Å². The molecule has 0 saturated carbocycles. The van der Waals surface area contributed by atoms with Crippen molar-refractivity contribution in [2.75, 3.05) is 31.0 Å². The molecule has 1 fully saturated rings. The van der Waals surface area contributed by atoms with E-state index in [9.17, 15) is 8.42 Å². The van der Waals surface area contributed by atoms with Crippen LogP contribution in [-0.2, 0) is 21.3 Å². The van der Waals surface area contributed by atoms with E-state index >= 15 is 0 Å². The molecule has 7 nitrogen and oxygen atoms in total. The first-order valence-electron chi connectivity index (χ1n) is 10.0. The summed E-state index contributed by atoms with van der Waals surface area (Å²) in [5, 5.41) is 5.02. The molecular weight excluding hydrogens is 402 g/mol. The Bertz CT molecular complexity index is 1170. The van der Waals surface area contributed by atoms with Gasteiger partial charge in [-0.15, -0.1) is 0 Å². The molecule has 160 valence electrons. The maximum atomic E-state index is 13.3. The summed E-state index contributed by atoms with van der Waals surface area (Å²) in [6, 6.07) is 7.28. The van der Waals surface area contributed by atoms with Gasteiger partial charge in [0.05, 0.1) is 18.1 Å². The van der Waals surface area contributed by atoms with Crippen LogP contribution in [0.15, 0.2) is 33.7 Å². The SMILES string of the molecule is Cc1cc(C)c(C)c(S(=O)(=O)Nc2ccc3onc(CN4CCOCC4)c3c2)c1C. The van der Waals surface area contributed by atoms with Crippen molar-refractivity contribution in [2.45, 2.75) is 39.1 Å². The number of ether oxygens (including phenoxy) is 1. The molecule has 1 N–H and O–H groups in total. The molecule has 1 aliphatic rings. The number of sulfonamides is 1. The molecule has 0 aliphatic carbocycles. The van der Waals surface area contributed by atoms with Crippen molar-refractivity contribution < 1.29 is 17.7 Å². The summed E-state index contributed by atoms with van der Waals surface area (Å²) in [6.45, 7) is 11.3. The summed E-state index contributed by atoms with van der Waals surface area (Å²) in [4.78, 5) is 2.60. The predicted octanol–water partition coefficient (Wildman–Crippen LogP) is 3.69. The van der Waals surface area contributed by atoms with Crippen LogP contribution in [0.2, 0.25) is 0 Å². The Morgan fingerprint density at radius 3 is 2.37 bits per heavy atom. The highest BCUT2D eigenvalue weighted by molar-refractivity contribution is 7.92. The van der Waals surface area contributed by atoms with E-state index in [0.717, 1.165) is 46.4 Å². The van der Waals surface area contributed by atoms with Crippen LogP contribution < -0.4 is 4.72 Å². The number of hydrogen-bond donors (Lipinski definition) is 1. The molecule has 1 aliphatic heterocycles. The van der Waals surface area contributed by atoms with E-state index in [1.54, 1.807) is 18.2 Å². The molecule has 0 unspecified atom stereocenters. The number of nitrogens with zero attached hydrogens (tertiary/aromatic N) is 2. The minimum absolute atomic E-state index is 0.346. The van der Waals surface area contributed by atoms with Gasteiger partial charge in [-0.1, -0.05) is 11.2 Å². The molecular formula is C22H27N3O4S. The first-order chi connectivity index (χ1) is 14.3. The molecule has 4 rings (SSSR count). The number of rotatable bonds is 5. The Morgan fingerprint density at radius 2 is 1.70 bits per heavy atom. The van der Waals surface area contributed by atoms with E-state index in [0.29, 0.717) is 35.9 Å². The van der Waals surface area contributed by atoms with Gasteiger partial charge < -0.3 is 9.26 Å². The number of aromatic nitrogens is 1. The molecule has 2 aromatic carbocycles. The molecule has 0 bridgehead atoms. The first kappa shape index (κ1) is 20.8. The molecule has 0 atom stereocenters. The van der Waals surface area contributed by atoms with Crippen LogP contribution >= 0.6 is 0 Å². The van der Waals surface area contributed by atoms with Gasteiger partial charge in [-0.2, -0.15) is 0 Å². The Labute approximate surface area is 177 Å². The third-order valence-electron chi connectivity index (χ3n) is 5.84. The normalized spacial score (nSPS) is 15.6. The molecule has 1 saturated heterocycles. The van der Waals surface area contributed by atoms with Crippen LogP contribution in [0, 0.1) is 27.7 Å². The highest BCUT2D eigenvalue weighted by Crippen LogP contribution is 2.29. The maximum absolute atomic E-state index is 13.3. The van der Waals surface area contributed by atoms with E-state index in [1.165, 1.54) is 0 Å². The van der Waals surface area contributed by atoms with Crippen molar-refractivity contribution >= 4 is 26.7 Å². The van der Waals surface area contributed by atoms with Gasteiger partial charge in [0.15, 0.2) is 5.58 Å². The van der Waals surface area contributed by atoms with Crippen molar-refractivity contribution in [3.05, 3.63) is 52.2 Å². The fourth-order valence-electron chi connectivity index (χ4n) is 3.93. The van der Waals surface area contributed by atoms with Crippen LogP contribution in [0.3, 0.4) is 0 Å². The predicted molar refractivity (Wildman–Crippen MR) is 116 cm³/mol. The van der Waals surface area contributed by atoms with Gasteiger partial charge in [-0.25, -0.2) is 8.42 Å². The lowest BCUT2D eigenvalue weighted by Crippen LogP contribution is -2.35. The fourth-order valence-corrected chi connectivity index (χ4v) is 5.59. The van der Waals surface area contributed by atoms with Crippen LogP contribution in [0.5, 0.6) is 0 Å². The van der Waals surface area contributed by atoms with Crippen LogP contribution in [0.25, 0.3) is 11.0 Å². The summed E-state index contributed by atoms with van der Waals surface area (Å²) in [5.74, 6) is 0. The average Bonchev–Trinajstić information content (AvgIpc) is 3.09. The fraction of sp³-hybridized carbons (Fsp3) is 0.409. The Balaban J connectivity index is 1.66. The maximum Gasteiger partial charge on any atom is 0.262 e. The molecule has 3 aromatic rings. The lowest BCUT2D eigenvalue weighted by Gasteiger charge is -2.25. The van der Waals surface area contributed by atoms with Gasteiger partial charge >= 0.3 is 0 Å². The van der Waals surface area contributed by atoms with E-state index in [1.807, 2.05) is 33.8 Å². The average molecular weight is 430 g/mol. The van der Waals surface area contributed by atoms with Gasteiger partial charge in [0.2, 0.25) is 0 Å². The minimum atomic E-state index is -3.74. The number of benzene rings is 2. The van der Waals surface area contributed by atoms with Gasteiger partial charge in [0.1, 0.15) is 5.69 Å². The standard InChI is InChI=1S/C22H27N3O4S/c1-14-11-15(2)17(4)22(16(14)3)30(26,27)24-18-5-6-21-19(12-18)20(23-29-21)13-25-7-9-28-10-8-25/h5-6,11-12,24H,7-10,13H2,1-4H3. The molecule has 2 heterocycles. The minimum Gasteiger partial charge on any atom is -0.379 e. The highest BCUT2D eigenvalue weighted by atomic mass is 32.2. The number of morpholine rings is 1. The molecule has 30 heavy (non-hydrogen) atoms. The van der Waals surface area contributed by atoms with Gasteiger partial charge in [-0.3, -0.25) is 9.62 Å². The molecule has 1 aromatic heterocycles. The number of hydrogen-bond acceptors (Lipinski definition) is 6. The van der Waals surface area contributed by atoms with Crippen LogP contribution in [0.1, 0.15) is 27.9 Å². The van der Waals surface area contributed by atoms with Crippen molar-refractivity contribution in [1.29, 1.82) is 0 Å². The van der Waals surface area contributed by atoms with Crippen LogP contribution in [0.4, 0.5) is 5.69 Å². The zero-order valence-electron chi connectivity index (χ0n) is 17.8. The molecule has 0 radical (unpaired) electrons. The van der Waals surface area contributed by atoms with Crippen molar-refractivity contribution in [2.24, 2.45) is 0 Å². The quantitative estimate of drug-likeness (QED) is 0.666. The monoisotopic (exact) mass is 429 g/mol. The van der Waals surface area contributed by atoms with Crippen molar-refractivity contribution in [3.63, 3.8) is 0 Å². The second kappa shape index (κ2) is 8.02. The summed E-state index contributed by atoms with van der Waals surface area (Å²) in [5.41, 5.74) is 5.38. The number of anilines is 1. The van der Waals surface area contributed by atoms with Gasteiger partial charge in [0.25, 0.3) is 10.0 Å². The Morgan fingerprint density at radius 1 is 1.03 bits per heavy atom. The summed E-state index contributed by atoms with van der Waals surface area (Å²) >= 11 is 0. The number of nitrogens with one attached hydrogen (secondary N) is 1. The second-order valence-electron chi connectivity index (χ2n) is 7.92. The van der Waals surface area contributed by atoms with Gasteiger partial charge in [-0.05, 0) is 68.1 Å². The molecule has 0 amide bonds. The largest absolute Gasteiger partial charge is 0.379 e. The molecule has 0 spiro atoms. The number of fused-ring (bicyclic) bond motifs is 1. The summed E-state index contributed by atoms with van der Waals surface area (Å²) < 4.78 is 40.1. The smallest absolute Gasteiger partial charge is 0.262 e. The Kier molecular flexibility index (Phi) is 5.57. The van der Waals surface area contributed by atoms with Crippen molar-refractivity contribution in [1.82, 2.24) is 10.1 Å². The highest BCUT2D eigenvalue weighted by Gasteiger charge is 2.23. The third kappa shape index (κ3) is 3.95. The lowest BCUT2D eigenvalue weighted by atomic mass is 10.0. The van der Waals surface area contributed by atoms with Crippen molar-refractivity contribution in [3.8, 4) is 0 Å². The van der Waals surface area contributed by atoms with E-state index in [-0.39, 0.29) is 0 Å². The van der Waals surface area contributed by atoms with Gasteiger partial charge in [0, 0.05) is 30.7 Å². The first-order valence-corrected chi connectivity index (χ1v) is 11.5. The zero-order chi connectivity index (χ0) is 21.5. The third-order valence-corrected chi connectivity index (χ3v) is 7.49. The number of aryl methyl sites for hydroxylation is 2. The Hall–Kier alpha value is -2.42. The van der Waals surface area contributed by atoms with E-state index in [2.05, 4.69) is 14.8 Å². The lowest BCUT2D eigenvalue weighted by molar-refractivity contribution is 0.0334.